The number of amides is 1. The lowest BCUT2D eigenvalue weighted by atomic mass is 10.3. The largest absolute Gasteiger partial charge is 0.372 e. The highest BCUT2D eigenvalue weighted by Gasteiger charge is 2.01. The summed E-state index contributed by atoms with van der Waals surface area (Å²) in [6.07, 6.45) is 3.57. The molecule has 1 aromatic heterocycles. The third kappa shape index (κ3) is 4.93. The van der Waals surface area contributed by atoms with Crippen molar-refractivity contribution in [3.05, 3.63) is 18.0 Å². The standard InChI is InChI=1S/C11H19N3O2/c1-3-8-16-9-11(15)12-6-4-10-5-7-14(2)13-10/h5,7H,3-4,6,8-9H2,1-2H3,(H,12,15). The van der Waals surface area contributed by atoms with Gasteiger partial charge in [0.25, 0.3) is 0 Å². The van der Waals surface area contributed by atoms with Gasteiger partial charge in [-0.25, -0.2) is 0 Å². The molecule has 1 heterocycles. The van der Waals surface area contributed by atoms with Crippen LogP contribution in [0.1, 0.15) is 19.0 Å². The Morgan fingerprint density at radius 1 is 1.62 bits per heavy atom. The number of hydrogen-bond donors (Lipinski definition) is 1. The molecule has 0 aliphatic heterocycles. The van der Waals surface area contributed by atoms with E-state index in [1.807, 2.05) is 26.2 Å². The van der Waals surface area contributed by atoms with Crippen molar-refractivity contribution < 1.29 is 9.53 Å². The average Bonchev–Trinajstić information content (AvgIpc) is 2.65. The Kier molecular flexibility index (Phi) is 5.56. The molecule has 0 aromatic carbocycles. The lowest BCUT2D eigenvalue weighted by Gasteiger charge is -2.04. The van der Waals surface area contributed by atoms with Crippen LogP contribution in [0.4, 0.5) is 0 Å². The summed E-state index contributed by atoms with van der Waals surface area (Å²) >= 11 is 0. The number of nitrogens with one attached hydrogen (secondary N) is 1. The van der Waals surface area contributed by atoms with Gasteiger partial charge in [-0.2, -0.15) is 5.10 Å². The SMILES string of the molecule is CCCOCC(=O)NCCc1ccn(C)n1. The van der Waals surface area contributed by atoms with Crippen molar-refractivity contribution in [2.45, 2.75) is 19.8 Å². The van der Waals surface area contributed by atoms with E-state index in [4.69, 9.17) is 4.74 Å². The van der Waals surface area contributed by atoms with Gasteiger partial charge in [0.2, 0.25) is 5.91 Å². The first-order chi connectivity index (χ1) is 7.72. The fraction of sp³-hybridized carbons (Fsp3) is 0.636. The van der Waals surface area contributed by atoms with Crippen LogP contribution in [0.25, 0.3) is 0 Å². The van der Waals surface area contributed by atoms with Crippen LogP contribution in [0, 0.1) is 0 Å². The monoisotopic (exact) mass is 225 g/mol. The molecule has 1 N–H and O–H groups in total. The van der Waals surface area contributed by atoms with E-state index in [0.29, 0.717) is 13.2 Å². The fourth-order valence-electron chi connectivity index (χ4n) is 1.29. The quantitative estimate of drug-likeness (QED) is 0.688. The maximum Gasteiger partial charge on any atom is 0.246 e. The van der Waals surface area contributed by atoms with E-state index in [0.717, 1.165) is 18.5 Å². The van der Waals surface area contributed by atoms with Gasteiger partial charge in [-0.3, -0.25) is 9.48 Å². The third-order valence-corrected chi connectivity index (χ3v) is 2.05. The van der Waals surface area contributed by atoms with E-state index in [1.165, 1.54) is 0 Å². The molecule has 0 spiro atoms. The molecule has 0 aliphatic rings. The molecule has 1 amide bonds. The summed E-state index contributed by atoms with van der Waals surface area (Å²) in [5.41, 5.74) is 0.984. The molecule has 0 saturated carbocycles. The molecule has 0 bridgehead atoms. The van der Waals surface area contributed by atoms with Crippen molar-refractivity contribution in [2.24, 2.45) is 7.05 Å². The first-order valence-electron chi connectivity index (χ1n) is 5.55. The summed E-state index contributed by atoms with van der Waals surface area (Å²) in [5, 5.41) is 7.00. The van der Waals surface area contributed by atoms with Gasteiger partial charge in [0.1, 0.15) is 6.61 Å². The zero-order valence-corrected chi connectivity index (χ0v) is 9.90. The van der Waals surface area contributed by atoms with Gasteiger partial charge in [0, 0.05) is 32.8 Å². The summed E-state index contributed by atoms with van der Waals surface area (Å²) in [6.45, 7) is 3.40. The number of aryl methyl sites for hydroxylation is 1. The second kappa shape index (κ2) is 7.00. The molecule has 0 fully saturated rings. The summed E-state index contributed by atoms with van der Waals surface area (Å²) in [4.78, 5) is 11.3. The zero-order valence-electron chi connectivity index (χ0n) is 9.90. The Hall–Kier alpha value is -1.36. The van der Waals surface area contributed by atoms with E-state index in [-0.39, 0.29) is 12.5 Å². The number of rotatable bonds is 7. The molecule has 0 aliphatic carbocycles. The van der Waals surface area contributed by atoms with Crippen LogP contribution in [-0.4, -0.2) is 35.4 Å². The van der Waals surface area contributed by atoms with Gasteiger partial charge in [0.05, 0.1) is 5.69 Å². The molecule has 0 saturated heterocycles. The second-order valence-corrected chi connectivity index (χ2v) is 3.63. The molecule has 16 heavy (non-hydrogen) atoms. The molecule has 90 valence electrons. The minimum absolute atomic E-state index is 0.0654. The van der Waals surface area contributed by atoms with Crippen LogP contribution in [0.3, 0.4) is 0 Å². The number of aromatic nitrogens is 2. The van der Waals surface area contributed by atoms with Crippen molar-refractivity contribution in [3.63, 3.8) is 0 Å². The minimum atomic E-state index is -0.0654. The van der Waals surface area contributed by atoms with E-state index in [1.54, 1.807) is 4.68 Å². The van der Waals surface area contributed by atoms with Crippen LogP contribution >= 0.6 is 0 Å². The smallest absolute Gasteiger partial charge is 0.246 e. The van der Waals surface area contributed by atoms with Crippen LogP contribution in [0.15, 0.2) is 12.3 Å². The van der Waals surface area contributed by atoms with Gasteiger partial charge in [-0.1, -0.05) is 6.92 Å². The molecule has 0 radical (unpaired) electrons. The molecule has 5 nitrogen and oxygen atoms in total. The molecule has 1 rings (SSSR count). The lowest BCUT2D eigenvalue weighted by Crippen LogP contribution is -2.29. The van der Waals surface area contributed by atoms with Crippen molar-refractivity contribution in [2.75, 3.05) is 19.8 Å². The first-order valence-corrected chi connectivity index (χ1v) is 5.55. The highest BCUT2D eigenvalue weighted by atomic mass is 16.5. The maximum atomic E-state index is 11.3. The number of carbonyl (C=O) groups excluding carboxylic acids is 1. The number of carbonyl (C=O) groups is 1. The van der Waals surface area contributed by atoms with Gasteiger partial charge in [-0.05, 0) is 12.5 Å². The number of nitrogens with zero attached hydrogens (tertiary/aromatic N) is 2. The normalized spacial score (nSPS) is 10.4. The van der Waals surface area contributed by atoms with Crippen LogP contribution in [0.2, 0.25) is 0 Å². The molecule has 0 unspecified atom stereocenters. The number of hydrogen-bond acceptors (Lipinski definition) is 3. The molecule has 1 aromatic rings. The molecular formula is C11H19N3O2. The van der Waals surface area contributed by atoms with E-state index >= 15 is 0 Å². The molecule has 5 heteroatoms. The Morgan fingerprint density at radius 3 is 3.06 bits per heavy atom. The topological polar surface area (TPSA) is 56.1 Å². The van der Waals surface area contributed by atoms with Crippen LogP contribution in [0.5, 0.6) is 0 Å². The second-order valence-electron chi connectivity index (χ2n) is 3.63. The van der Waals surface area contributed by atoms with E-state index in [9.17, 15) is 4.79 Å². The minimum Gasteiger partial charge on any atom is -0.372 e. The average molecular weight is 225 g/mol. The van der Waals surface area contributed by atoms with E-state index in [2.05, 4.69) is 10.4 Å². The Balaban J connectivity index is 2.08. The predicted octanol–water partition coefficient (Wildman–Crippen LogP) is 0.505. The lowest BCUT2D eigenvalue weighted by molar-refractivity contribution is -0.125. The van der Waals surface area contributed by atoms with Crippen molar-refractivity contribution in [1.29, 1.82) is 0 Å². The zero-order chi connectivity index (χ0) is 11.8. The van der Waals surface area contributed by atoms with E-state index < -0.39 is 0 Å². The molecule has 0 atom stereocenters. The van der Waals surface area contributed by atoms with Gasteiger partial charge in [0.15, 0.2) is 0 Å². The van der Waals surface area contributed by atoms with Gasteiger partial charge >= 0.3 is 0 Å². The van der Waals surface area contributed by atoms with Crippen molar-refractivity contribution in [3.8, 4) is 0 Å². The summed E-state index contributed by atoms with van der Waals surface area (Å²) in [7, 11) is 1.88. The predicted molar refractivity (Wildman–Crippen MR) is 61.0 cm³/mol. The highest BCUT2D eigenvalue weighted by Crippen LogP contribution is 1.93. The maximum absolute atomic E-state index is 11.3. The fourth-order valence-corrected chi connectivity index (χ4v) is 1.29. The Bertz CT molecular complexity index is 323. The van der Waals surface area contributed by atoms with Crippen molar-refractivity contribution >= 4 is 5.91 Å². The van der Waals surface area contributed by atoms with Crippen LogP contribution in [-0.2, 0) is 23.0 Å². The molecular weight excluding hydrogens is 206 g/mol. The summed E-state index contributed by atoms with van der Waals surface area (Å²) < 4.78 is 6.87. The van der Waals surface area contributed by atoms with Crippen molar-refractivity contribution in [1.82, 2.24) is 15.1 Å². The van der Waals surface area contributed by atoms with Crippen LogP contribution < -0.4 is 5.32 Å². The van der Waals surface area contributed by atoms with Gasteiger partial charge in [-0.15, -0.1) is 0 Å². The van der Waals surface area contributed by atoms with Gasteiger partial charge < -0.3 is 10.1 Å². The summed E-state index contributed by atoms with van der Waals surface area (Å²) in [5.74, 6) is -0.0654. The highest BCUT2D eigenvalue weighted by molar-refractivity contribution is 5.77. The first kappa shape index (κ1) is 12.7. The Labute approximate surface area is 95.8 Å². The Morgan fingerprint density at radius 2 is 2.44 bits per heavy atom. The summed E-state index contributed by atoms with van der Waals surface area (Å²) in [6, 6.07) is 1.94. The third-order valence-electron chi connectivity index (χ3n) is 2.05. The number of ether oxygens (including phenoxy) is 1.